The number of nitrogens with zero attached hydrogens (tertiary/aromatic N) is 3. The standard InChI is InChI=1S/C16H12Cl2N2O.C11H8Cl3NO/c1-9-15(18)10-7-11(17)14(21-2)8-13(10)20-16(9)12-5-3-4-6-19-12;1-5-10(13)6-3-7(12)9(16-2)4-8(6)15-11(5)14/h3-8H,1-2H3;3-4H,1-2H3. The highest BCUT2D eigenvalue weighted by molar-refractivity contribution is 6.40. The van der Waals surface area contributed by atoms with Crippen molar-refractivity contribution in [1.82, 2.24) is 15.0 Å². The molecule has 0 unspecified atom stereocenters. The second-order valence-electron chi connectivity index (χ2n) is 7.96. The molecule has 10 heteroatoms. The molecular weight excluding hydrogens is 576 g/mol. The fourth-order valence-corrected chi connectivity index (χ4v) is 4.88. The Morgan fingerprint density at radius 1 is 0.676 bits per heavy atom. The Hall–Kier alpha value is -2.54. The summed E-state index contributed by atoms with van der Waals surface area (Å²) in [4.78, 5) is 13.2. The molecule has 0 amide bonds. The molecule has 0 spiro atoms. The summed E-state index contributed by atoms with van der Waals surface area (Å²) in [7, 11) is 3.12. The molecule has 3 aromatic heterocycles. The molecule has 0 aliphatic rings. The first-order valence-electron chi connectivity index (χ1n) is 10.9. The number of benzene rings is 2. The lowest BCUT2D eigenvalue weighted by molar-refractivity contribution is 0.415. The molecule has 0 radical (unpaired) electrons. The lowest BCUT2D eigenvalue weighted by atomic mass is 10.1. The van der Waals surface area contributed by atoms with E-state index < -0.39 is 0 Å². The van der Waals surface area contributed by atoms with E-state index in [1.807, 2.05) is 32.0 Å². The molecule has 0 atom stereocenters. The molecule has 0 aliphatic heterocycles. The normalized spacial score (nSPS) is 10.8. The highest BCUT2D eigenvalue weighted by atomic mass is 35.5. The summed E-state index contributed by atoms with van der Waals surface area (Å²) in [6, 6.07) is 12.7. The lowest BCUT2D eigenvalue weighted by Gasteiger charge is -2.11. The smallest absolute Gasteiger partial charge is 0.139 e. The van der Waals surface area contributed by atoms with Crippen molar-refractivity contribution in [3.63, 3.8) is 0 Å². The Balaban J connectivity index is 0.000000180. The number of hydrogen-bond acceptors (Lipinski definition) is 5. The van der Waals surface area contributed by atoms with Gasteiger partial charge in [-0.15, -0.1) is 0 Å². The third-order valence-electron chi connectivity index (χ3n) is 5.69. The number of hydrogen-bond donors (Lipinski definition) is 0. The number of ether oxygens (including phenoxy) is 2. The minimum Gasteiger partial charge on any atom is -0.495 e. The van der Waals surface area contributed by atoms with Crippen molar-refractivity contribution in [3.8, 4) is 22.9 Å². The van der Waals surface area contributed by atoms with Crippen LogP contribution in [0.15, 0.2) is 48.7 Å². The molecule has 0 fully saturated rings. The van der Waals surface area contributed by atoms with Crippen molar-refractivity contribution >= 4 is 79.8 Å². The van der Waals surface area contributed by atoms with Crippen LogP contribution in [0.1, 0.15) is 11.1 Å². The van der Waals surface area contributed by atoms with Gasteiger partial charge in [0.05, 0.1) is 56.7 Å². The Kier molecular flexibility index (Phi) is 8.52. The largest absolute Gasteiger partial charge is 0.495 e. The average Bonchev–Trinajstić information content (AvgIpc) is 2.90. The summed E-state index contributed by atoms with van der Waals surface area (Å²) in [5.41, 5.74) is 4.57. The molecule has 2 aromatic carbocycles. The predicted octanol–water partition coefficient (Wildman–Crippen LogP) is 9.43. The first-order valence-corrected chi connectivity index (χ1v) is 12.8. The van der Waals surface area contributed by atoms with Crippen LogP contribution >= 0.6 is 58.0 Å². The number of halogens is 5. The number of pyridine rings is 3. The zero-order valence-corrected chi connectivity index (χ0v) is 23.9. The van der Waals surface area contributed by atoms with Crippen LogP contribution < -0.4 is 9.47 Å². The fraction of sp³-hybridized carbons (Fsp3) is 0.148. The zero-order valence-electron chi connectivity index (χ0n) is 20.2. The highest BCUT2D eigenvalue weighted by Gasteiger charge is 2.15. The van der Waals surface area contributed by atoms with Gasteiger partial charge in [-0.2, -0.15) is 0 Å². The van der Waals surface area contributed by atoms with Gasteiger partial charge in [-0.3, -0.25) is 4.98 Å². The second kappa shape index (κ2) is 11.5. The van der Waals surface area contributed by atoms with E-state index in [0.29, 0.717) is 42.3 Å². The van der Waals surface area contributed by atoms with Crippen LogP contribution in [0.2, 0.25) is 25.2 Å². The quantitative estimate of drug-likeness (QED) is 0.195. The maximum absolute atomic E-state index is 6.48. The van der Waals surface area contributed by atoms with E-state index in [9.17, 15) is 0 Å². The van der Waals surface area contributed by atoms with Gasteiger partial charge in [0.25, 0.3) is 0 Å². The van der Waals surface area contributed by atoms with Gasteiger partial charge in [0.1, 0.15) is 16.7 Å². The Bertz CT molecular complexity index is 1630. The van der Waals surface area contributed by atoms with Crippen LogP contribution in [0.5, 0.6) is 11.5 Å². The van der Waals surface area contributed by atoms with Crippen LogP contribution in [0.4, 0.5) is 0 Å². The molecular formula is C27H20Cl5N3O2. The van der Waals surface area contributed by atoms with Gasteiger partial charge in [-0.25, -0.2) is 9.97 Å². The number of aromatic nitrogens is 3. The Labute approximate surface area is 239 Å². The number of methoxy groups -OCH3 is 2. The summed E-state index contributed by atoms with van der Waals surface area (Å²) < 4.78 is 10.3. The molecule has 0 aliphatic carbocycles. The Morgan fingerprint density at radius 2 is 1.22 bits per heavy atom. The highest BCUT2D eigenvalue weighted by Crippen LogP contribution is 2.38. The van der Waals surface area contributed by atoms with E-state index in [2.05, 4.69) is 15.0 Å². The Morgan fingerprint density at radius 3 is 1.73 bits per heavy atom. The van der Waals surface area contributed by atoms with Gasteiger partial charge < -0.3 is 9.47 Å². The molecule has 0 saturated carbocycles. The van der Waals surface area contributed by atoms with Crippen molar-refractivity contribution < 1.29 is 9.47 Å². The van der Waals surface area contributed by atoms with Crippen LogP contribution in [0.25, 0.3) is 33.2 Å². The zero-order chi connectivity index (χ0) is 26.9. The monoisotopic (exact) mass is 593 g/mol. The first-order chi connectivity index (χ1) is 17.7. The van der Waals surface area contributed by atoms with Gasteiger partial charge in [0.2, 0.25) is 0 Å². The minimum absolute atomic E-state index is 0.391. The molecule has 3 heterocycles. The van der Waals surface area contributed by atoms with E-state index in [1.165, 1.54) is 0 Å². The van der Waals surface area contributed by atoms with Crippen molar-refractivity contribution in [2.24, 2.45) is 0 Å². The predicted molar refractivity (Wildman–Crippen MR) is 154 cm³/mol. The van der Waals surface area contributed by atoms with Gasteiger partial charge >= 0.3 is 0 Å². The molecule has 190 valence electrons. The summed E-state index contributed by atoms with van der Waals surface area (Å²) in [5, 5.41) is 4.18. The van der Waals surface area contributed by atoms with E-state index in [4.69, 9.17) is 67.5 Å². The van der Waals surface area contributed by atoms with Crippen molar-refractivity contribution in [1.29, 1.82) is 0 Å². The van der Waals surface area contributed by atoms with E-state index in [0.717, 1.165) is 38.8 Å². The van der Waals surface area contributed by atoms with Gasteiger partial charge in [-0.1, -0.05) is 64.1 Å². The fourth-order valence-electron chi connectivity index (χ4n) is 3.68. The van der Waals surface area contributed by atoms with Crippen molar-refractivity contribution in [2.75, 3.05) is 14.2 Å². The SMILES string of the molecule is COc1cc2nc(-c3ccccn3)c(C)c(Cl)c2cc1Cl.COc1cc2nc(Cl)c(C)c(Cl)c2cc1Cl. The molecule has 5 aromatic rings. The van der Waals surface area contributed by atoms with Crippen LogP contribution in [-0.4, -0.2) is 29.2 Å². The second-order valence-corrected chi connectivity index (χ2v) is 9.89. The molecule has 37 heavy (non-hydrogen) atoms. The van der Waals surface area contributed by atoms with Gasteiger partial charge in [0, 0.05) is 34.7 Å². The van der Waals surface area contributed by atoms with Crippen molar-refractivity contribution in [2.45, 2.75) is 13.8 Å². The number of rotatable bonds is 3. The van der Waals surface area contributed by atoms with E-state index in [1.54, 1.807) is 44.7 Å². The molecule has 0 bridgehead atoms. The van der Waals surface area contributed by atoms with Crippen LogP contribution in [-0.2, 0) is 0 Å². The topological polar surface area (TPSA) is 57.1 Å². The van der Waals surface area contributed by atoms with Gasteiger partial charge in [-0.05, 0) is 43.7 Å². The van der Waals surface area contributed by atoms with E-state index in [-0.39, 0.29) is 0 Å². The summed E-state index contributed by atoms with van der Waals surface area (Å²) in [6.45, 7) is 3.74. The summed E-state index contributed by atoms with van der Waals surface area (Å²) in [5.74, 6) is 1.13. The third kappa shape index (κ3) is 5.52. The maximum atomic E-state index is 6.48. The van der Waals surface area contributed by atoms with Crippen molar-refractivity contribution in [3.05, 3.63) is 85.0 Å². The molecule has 0 N–H and O–H groups in total. The van der Waals surface area contributed by atoms with Crippen LogP contribution in [0, 0.1) is 13.8 Å². The van der Waals surface area contributed by atoms with Gasteiger partial charge in [0.15, 0.2) is 0 Å². The third-order valence-corrected chi connectivity index (χ3v) is 7.63. The number of fused-ring (bicyclic) bond motifs is 2. The summed E-state index contributed by atoms with van der Waals surface area (Å²) >= 11 is 30.8. The molecule has 0 saturated heterocycles. The summed E-state index contributed by atoms with van der Waals surface area (Å²) in [6.07, 6.45) is 1.73. The lowest BCUT2D eigenvalue weighted by Crippen LogP contribution is -1.95. The first kappa shape index (κ1) is 27.5. The van der Waals surface area contributed by atoms with E-state index >= 15 is 0 Å². The molecule has 5 rings (SSSR count). The maximum Gasteiger partial charge on any atom is 0.139 e. The minimum atomic E-state index is 0.391. The molecule has 5 nitrogen and oxygen atoms in total. The van der Waals surface area contributed by atoms with Crippen LogP contribution in [0.3, 0.4) is 0 Å². The average molecular weight is 596 g/mol.